The quantitative estimate of drug-likeness (QED) is 0.162. The number of non-ortho nitro benzene ring substituents is 1. The predicted octanol–water partition coefficient (Wildman–Crippen LogP) is 4.65. The highest BCUT2D eigenvalue weighted by Gasteiger charge is 2.13. The molecule has 0 aliphatic rings. The lowest BCUT2D eigenvalue weighted by Gasteiger charge is -2.07. The number of carbonyl (C=O) groups is 2. The number of nitrogens with one attached hydrogen (secondary N) is 1. The number of ether oxygens (including phenoxy) is 2. The van der Waals surface area contributed by atoms with Crippen molar-refractivity contribution in [3.05, 3.63) is 98.0 Å². The summed E-state index contributed by atoms with van der Waals surface area (Å²) < 4.78 is 10.6. The van der Waals surface area contributed by atoms with E-state index < -0.39 is 16.8 Å². The van der Waals surface area contributed by atoms with Crippen molar-refractivity contribution in [3.8, 4) is 11.5 Å². The third-order valence-electron chi connectivity index (χ3n) is 4.04. The lowest BCUT2D eigenvalue weighted by Crippen LogP contribution is -2.24. The smallest absolute Gasteiger partial charge is 0.345 e. The fourth-order valence-corrected chi connectivity index (χ4v) is 2.99. The van der Waals surface area contributed by atoms with Gasteiger partial charge in [-0.2, -0.15) is 5.10 Å². The third-order valence-corrected chi connectivity index (χ3v) is 4.59. The van der Waals surface area contributed by atoms with Crippen molar-refractivity contribution in [2.75, 3.05) is 6.61 Å². The molecule has 168 valence electrons. The van der Waals surface area contributed by atoms with Crippen LogP contribution in [-0.2, 0) is 4.79 Å². The molecular formula is C22H15Cl2N3O6. The van der Waals surface area contributed by atoms with Crippen LogP contribution in [0.5, 0.6) is 11.5 Å². The standard InChI is InChI=1S/C22H15Cl2N3O6/c23-15-4-9-19(20(24)11-15)22(29)33-18-3-1-2-14(10-18)12-25-26-21(28)13-32-17-7-5-16(6-8-17)27(30)31/h1-12H,13H2,(H,26,28)/b25-12-. The van der Waals surface area contributed by atoms with Crippen molar-refractivity contribution in [1.82, 2.24) is 5.43 Å². The van der Waals surface area contributed by atoms with Gasteiger partial charge in [-0.05, 0) is 48.0 Å². The van der Waals surface area contributed by atoms with Crippen molar-refractivity contribution in [2.24, 2.45) is 5.10 Å². The van der Waals surface area contributed by atoms with E-state index in [1.807, 2.05) is 0 Å². The molecule has 0 aliphatic heterocycles. The van der Waals surface area contributed by atoms with E-state index in [1.54, 1.807) is 24.3 Å². The summed E-state index contributed by atoms with van der Waals surface area (Å²) in [4.78, 5) is 34.3. The molecule has 0 aliphatic carbocycles. The molecule has 9 nitrogen and oxygen atoms in total. The Balaban J connectivity index is 1.52. The highest BCUT2D eigenvalue weighted by Crippen LogP contribution is 2.23. The van der Waals surface area contributed by atoms with Crippen LogP contribution in [0.3, 0.4) is 0 Å². The summed E-state index contributed by atoms with van der Waals surface area (Å²) in [5.74, 6) is -0.634. The summed E-state index contributed by atoms with van der Waals surface area (Å²) in [6.45, 7) is -0.339. The number of nitro benzene ring substituents is 1. The molecule has 0 radical (unpaired) electrons. The largest absolute Gasteiger partial charge is 0.484 e. The van der Waals surface area contributed by atoms with Crippen LogP contribution in [0, 0.1) is 10.1 Å². The minimum absolute atomic E-state index is 0.0828. The zero-order valence-electron chi connectivity index (χ0n) is 16.7. The number of halogens is 2. The molecule has 1 amide bonds. The Morgan fingerprint density at radius 2 is 1.79 bits per heavy atom. The minimum Gasteiger partial charge on any atom is -0.484 e. The lowest BCUT2D eigenvalue weighted by atomic mass is 10.2. The number of amides is 1. The lowest BCUT2D eigenvalue weighted by molar-refractivity contribution is -0.384. The minimum atomic E-state index is -0.651. The van der Waals surface area contributed by atoms with E-state index >= 15 is 0 Å². The van der Waals surface area contributed by atoms with Gasteiger partial charge in [0.25, 0.3) is 11.6 Å². The molecule has 3 rings (SSSR count). The van der Waals surface area contributed by atoms with Crippen LogP contribution in [0.15, 0.2) is 71.8 Å². The SMILES string of the molecule is O=C(COc1ccc([N+](=O)[O-])cc1)N/N=C\c1cccc(OC(=O)c2ccc(Cl)cc2Cl)c1. The van der Waals surface area contributed by atoms with Gasteiger partial charge in [-0.25, -0.2) is 10.2 Å². The van der Waals surface area contributed by atoms with Gasteiger partial charge in [0.1, 0.15) is 11.5 Å². The van der Waals surface area contributed by atoms with E-state index in [4.69, 9.17) is 32.7 Å². The molecule has 0 unspecified atom stereocenters. The topological polar surface area (TPSA) is 120 Å². The first kappa shape index (κ1) is 23.7. The van der Waals surface area contributed by atoms with Crippen molar-refractivity contribution in [1.29, 1.82) is 0 Å². The number of esters is 1. The number of nitrogens with zero attached hydrogens (tertiary/aromatic N) is 2. The third kappa shape index (κ3) is 7.03. The van der Waals surface area contributed by atoms with E-state index in [0.717, 1.165) is 0 Å². The monoisotopic (exact) mass is 487 g/mol. The van der Waals surface area contributed by atoms with Crippen molar-refractivity contribution < 1.29 is 24.0 Å². The van der Waals surface area contributed by atoms with E-state index in [0.29, 0.717) is 16.3 Å². The number of benzene rings is 3. The second-order valence-corrected chi connectivity index (χ2v) is 7.26. The molecule has 33 heavy (non-hydrogen) atoms. The van der Waals surface area contributed by atoms with Crippen LogP contribution in [0.2, 0.25) is 10.0 Å². The van der Waals surface area contributed by atoms with Crippen LogP contribution >= 0.6 is 23.2 Å². The van der Waals surface area contributed by atoms with Crippen LogP contribution in [0.1, 0.15) is 15.9 Å². The van der Waals surface area contributed by atoms with E-state index in [9.17, 15) is 19.7 Å². The van der Waals surface area contributed by atoms with Gasteiger partial charge in [-0.15, -0.1) is 0 Å². The summed E-state index contributed by atoms with van der Waals surface area (Å²) in [6, 6.07) is 16.2. The number of hydrogen-bond acceptors (Lipinski definition) is 7. The molecule has 0 fully saturated rings. The van der Waals surface area contributed by atoms with Gasteiger partial charge in [0.15, 0.2) is 6.61 Å². The Morgan fingerprint density at radius 3 is 2.48 bits per heavy atom. The first-order valence-corrected chi connectivity index (χ1v) is 10.0. The number of nitro groups is 1. The molecule has 0 saturated carbocycles. The first-order valence-electron chi connectivity index (χ1n) is 9.28. The Morgan fingerprint density at radius 1 is 1.03 bits per heavy atom. The van der Waals surface area contributed by atoms with Gasteiger partial charge in [-0.3, -0.25) is 14.9 Å². The molecule has 0 aromatic heterocycles. The molecule has 0 saturated heterocycles. The maximum atomic E-state index is 12.3. The number of hydrazone groups is 1. The van der Waals surface area contributed by atoms with Gasteiger partial charge in [0.05, 0.1) is 21.7 Å². The van der Waals surface area contributed by atoms with Crippen molar-refractivity contribution in [2.45, 2.75) is 0 Å². The number of rotatable bonds is 8. The average Bonchev–Trinajstić information content (AvgIpc) is 2.78. The van der Waals surface area contributed by atoms with E-state index in [2.05, 4.69) is 10.5 Å². The van der Waals surface area contributed by atoms with Gasteiger partial charge in [0, 0.05) is 17.2 Å². The Kier molecular flexibility index (Phi) is 7.96. The molecule has 0 spiro atoms. The molecule has 1 N–H and O–H groups in total. The number of carbonyl (C=O) groups excluding carboxylic acids is 2. The van der Waals surface area contributed by atoms with Crippen LogP contribution in [0.25, 0.3) is 0 Å². The highest BCUT2D eigenvalue weighted by molar-refractivity contribution is 6.36. The summed E-state index contributed by atoms with van der Waals surface area (Å²) in [5, 5.41) is 15.0. The molecule has 0 atom stereocenters. The Bertz CT molecular complexity index is 1220. The summed E-state index contributed by atoms with van der Waals surface area (Å²) in [5.41, 5.74) is 2.93. The summed E-state index contributed by atoms with van der Waals surface area (Å²) in [6.07, 6.45) is 1.36. The zero-order valence-corrected chi connectivity index (χ0v) is 18.2. The molecule has 3 aromatic rings. The Hall–Kier alpha value is -3.95. The maximum absolute atomic E-state index is 12.3. The maximum Gasteiger partial charge on any atom is 0.345 e. The fraction of sp³-hybridized carbons (Fsp3) is 0.0455. The average molecular weight is 488 g/mol. The molecule has 11 heteroatoms. The zero-order chi connectivity index (χ0) is 23.8. The van der Waals surface area contributed by atoms with E-state index in [1.165, 1.54) is 48.7 Å². The van der Waals surface area contributed by atoms with Gasteiger partial charge < -0.3 is 9.47 Å². The molecule has 0 bridgehead atoms. The number of hydrogen-bond donors (Lipinski definition) is 1. The molecule has 3 aromatic carbocycles. The molecule has 0 heterocycles. The summed E-state index contributed by atoms with van der Waals surface area (Å²) >= 11 is 11.8. The van der Waals surface area contributed by atoms with Crippen LogP contribution in [-0.4, -0.2) is 29.6 Å². The van der Waals surface area contributed by atoms with Crippen molar-refractivity contribution in [3.63, 3.8) is 0 Å². The van der Waals surface area contributed by atoms with Crippen LogP contribution < -0.4 is 14.9 Å². The Labute approximate surface area is 197 Å². The van der Waals surface area contributed by atoms with Gasteiger partial charge >= 0.3 is 5.97 Å². The van der Waals surface area contributed by atoms with Crippen molar-refractivity contribution >= 4 is 47.0 Å². The first-order chi connectivity index (χ1) is 15.8. The second-order valence-electron chi connectivity index (χ2n) is 6.42. The molecular weight excluding hydrogens is 473 g/mol. The predicted molar refractivity (Wildman–Crippen MR) is 122 cm³/mol. The van der Waals surface area contributed by atoms with Gasteiger partial charge in [0.2, 0.25) is 0 Å². The second kappa shape index (κ2) is 11.1. The fourth-order valence-electron chi connectivity index (χ4n) is 2.50. The highest BCUT2D eigenvalue weighted by atomic mass is 35.5. The van der Waals surface area contributed by atoms with E-state index in [-0.39, 0.29) is 28.6 Å². The normalized spacial score (nSPS) is 10.6. The summed E-state index contributed by atoms with van der Waals surface area (Å²) in [7, 11) is 0. The van der Waals surface area contributed by atoms with Crippen LogP contribution in [0.4, 0.5) is 5.69 Å². The van der Waals surface area contributed by atoms with Gasteiger partial charge in [-0.1, -0.05) is 35.3 Å².